The summed E-state index contributed by atoms with van der Waals surface area (Å²) in [6, 6.07) is 10.3. The molecule has 2 aromatic carbocycles. The van der Waals surface area contributed by atoms with Crippen LogP contribution in [0.15, 0.2) is 42.5 Å². The number of cyclic esters (lactones) is 2. The maximum absolute atomic E-state index is 12.7. The molecule has 7 nitrogen and oxygen atoms in total. The molecule has 0 atom stereocenters. The molecule has 36 heavy (non-hydrogen) atoms. The van der Waals surface area contributed by atoms with Crippen molar-refractivity contribution in [1.29, 1.82) is 0 Å². The maximum Gasteiger partial charge on any atom is 0.347 e. The first kappa shape index (κ1) is 27.1. The van der Waals surface area contributed by atoms with Crippen LogP contribution in [0.1, 0.15) is 113 Å². The average molecular weight is 495 g/mol. The summed E-state index contributed by atoms with van der Waals surface area (Å²) >= 11 is 0. The van der Waals surface area contributed by atoms with E-state index in [4.69, 9.17) is 9.47 Å². The molecule has 0 aromatic heterocycles. The molecule has 1 heterocycles. The van der Waals surface area contributed by atoms with Crippen molar-refractivity contribution in [2.45, 2.75) is 71.6 Å². The van der Waals surface area contributed by atoms with E-state index in [-0.39, 0.29) is 34.6 Å². The maximum atomic E-state index is 12.7. The van der Waals surface area contributed by atoms with Crippen LogP contribution in [0, 0.1) is 5.92 Å². The first-order valence-electron chi connectivity index (χ1n) is 12.8. The molecule has 0 N–H and O–H groups in total. The fourth-order valence-electron chi connectivity index (χ4n) is 4.09. The monoisotopic (exact) mass is 494 g/mol. The van der Waals surface area contributed by atoms with Gasteiger partial charge >= 0.3 is 23.9 Å². The van der Waals surface area contributed by atoms with Crippen LogP contribution in [0.3, 0.4) is 0 Å². The molecular weight excluding hydrogens is 460 g/mol. The van der Waals surface area contributed by atoms with Gasteiger partial charge in [0.2, 0.25) is 0 Å². The average Bonchev–Trinajstić information content (AvgIpc) is 3.14. The highest BCUT2D eigenvalue weighted by molar-refractivity contribution is 6.15. The third kappa shape index (κ3) is 7.77. The van der Waals surface area contributed by atoms with Crippen molar-refractivity contribution in [3.63, 3.8) is 0 Å². The highest BCUT2D eigenvalue weighted by Crippen LogP contribution is 2.25. The van der Waals surface area contributed by atoms with Gasteiger partial charge in [0.15, 0.2) is 0 Å². The van der Waals surface area contributed by atoms with E-state index in [9.17, 15) is 19.2 Å². The molecule has 0 bridgehead atoms. The smallest absolute Gasteiger partial charge is 0.347 e. The Morgan fingerprint density at radius 3 is 2.00 bits per heavy atom. The van der Waals surface area contributed by atoms with E-state index >= 15 is 0 Å². The molecule has 7 heteroatoms. The van der Waals surface area contributed by atoms with Crippen LogP contribution in [0.25, 0.3) is 0 Å². The SMILES string of the molecule is CC(C)CCCCCCCCCCOC(=O)c1ccccc1C(=O)Oc1ccc2c(c1)C(=O)OC2=O. The minimum Gasteiger partial charge on any atom is -0.462 e. The highest BCUT2D eigenvalue weighted by atomic mass is 16.6. The summed E-state index contributed by atoms with van der Waals surface area (Å²) in [5.74, 6) is -2.04. The molecule has 0 saturated carbocycles. The van der Waals surface area contributed by atoms with Crippen LogP contribution < -0.4 is 4.74 Å². The molecule has 1 aliphatic rings. The van der Waals surface area contributed by atoms with Crippen LogP contribution in [0.4, 0.5) is 0 Å². The third-order valence-electron chi connectivity index (χ3n) is 6.10. The van der Waals surface area contributed by atoms with E-state index in [1.54, 1.807) is 12.1 Å². The first-order chi connectivity index (χ1) is 17.4. The summed E-state index contributed by atoms with van der Waals surface area (Å²) in [5, 5.41) is 0. The molecule has 2 aromatic rings. The minimum absolute atomic E-state index is 0.0316. The van der Waals surface area contributed by atoms with Crippen LogP contribution in [-0.2, 0) is 9.47 Å². The van der Waals surface area contributed by atoms with Crippen LogP contribution >= 0.6 is 0 Å². The second-order valence-corrected chi connectivity index (χ2v) is 9.47. The summed E-state index contributed by atoms with van der Waals surface area (Å²) in [4.78, 5) is 48.7. The Kier molecular flexibility index (Phi) is 10.2. The normalized spacial score (nSPS) is 12.4. The number of carbonyl (C=O) groups is 4. The zero-order chi connectivity index (χ0) is 25.9. The van der Waals surface area contributed by atoms with Crippen molar-refractivity contribution < 1.29 is 33.4 Å². The Balaban J connectivity index is 1.42. The molecule has 0 fully saturated rings. The van der Waals surface area contributed by atoms with Crippen molar-refractivity contribution in [2.75, 3.05) is 6.61 Å². The van der Waals surface area contributed by atoms with Crippen molar-refractivity contribution in [3.05, 3.63) is 64.7 Å². The van der Waals surface area contributed by atoms with Gasteiger partial charge in [-0.1, -0.05) is 77.3 Å². The molecule has 192 valence electrons. The number of hydrogen-bond donors (Lipinski definition) is 0. The predicted molar refractivity (Wildman–Crippen MR) is 134 cm³/mol. The Hall–Kier alpha value is -3.48. The van der Waals surface area contributed by atoms with Gasteiger partial charge in [0.1, 0.15) is 5.75 Å². The molecule has 0 saturated heterocycles. The lowest BCUT2D eigenvalue weighted by atomic mass is 10.0. The molecule has 0 amide bonds. The van der Waals surface area contributed by atoms with Crippen molar-refractivity contribution in [2.24, 2.45) is 5.92 Å². The lowest BCUT2D eigenvalue weighted by Gasteiger charge is -2.10. The van der Waals surface area contributed by atoms with Gasteiger partial charge in [0.05, 0.1) is 28.9 Å². The Labute approximate surface area is 212 Å². The molecule has 0 unspecified atom stereocenters. The minimum atomic E-state index is -0.793. The predicted octanol–water partition coefficient (Wildman–Crippen LogP) is 6.54. The van der Waals surface area contributed by atoms with E-state index in [1.807, 2.05) is 0 Å². The number of carbonyl (C=O) groups excluding carboxylic acids is 4. The van der Waals surface area contributed by atoms with Gasteiger partial charge in [-0.05, 0) is 42.7 Å². The van der Waals surface area contributed by atoms with Crippen molar-refractivity contribution >= 4 is 23.9 Å². The van der Waals surface area contributed by atoms with Crippen LogP contribution in [0.2, 0.25) is 0 Å². The quantitative estimate of drug-likeness (QED) is 0.127. The zero-order valence-corrected chi connectivity index (χ0v) is 21.0. The van der Waals surface area contributed by atoms with Crippen LogP contribution in [0.5, 0.6) is 5.75 Å². The fourth-order valence-corrected chi connectivity index (χ4v) is 4.09. The molecule has 0 radical (unpaired) electrons. The van der Waals surface area contributed by atoms with E-state index in [0.29, 0.717) is 0 Å². The fraction of sp³-hybridized carbons (Fsp3) is 0.448. The molecule has 3 rings (SSSR count). The standard InChI is InChI=1S/C29H34O7/c1-20(2)13-9-7-5-3-4-6-8-12-18-34-26(30)22-14-10-11-15-23(22)27(31)35-21-16-17-24-25(19-21)29(33)36-28(24)32/h10-11,14-17,19-20H,3-9,12-13,18H2,1-2H3. The van der Waals surface area contributed by atoms with Crippen molar-refractivity contribution in [1.82, 2.24) is 0 Å². The number of rotatable bonds is 14. The van der Waals surface area contributed by atoms with Gasteiger partial charge in [0, 0.05) is 0 Å². The highest BCUT2D eigenvalue weighted by Gasteiger charge is 2.30. The van der Waals surface area contributed by atoms with Gasteiger partial charge in [-0.3, -0.25) is 0 Å². The van der Waals surface area contributed by atoms with Gasteiger partial charge in [0.25, 0.3) is 0 Å². The number of ether oxygens (including phenoxy) is 3. The Morgan fingerprint density at radius 2 is 1.33 bits per heavy atom. The summed E-state index contributed by atoms with van der Waals surface area (Å²) < 4.78 is 15.3. The third-order valence-corrected chi connectivity index (χ3v) is 6.10. The van der Waals surface area contributed by atoms with E-state index in [2.05, 4.69) is 18.6 Å². The van der Waals surface area contributed by atoms with Gasteiger partial charge in [-0.15, -0.1) is 0 Å². The number of benzene rings is 2. The first-order valence-corrected chi connectivity index (χ1v) is 12.8. The van der Waals surface area contributed by atoms with E-state index < -0.39 is 23.9 Å². The topological polar surface area (TPSA) is 96.0 Å². The van der Waals surface area contributed by atoms with Gasteiger partial charge in [-0.2, -0.15) is 0 Å². The summed E-state index contributed by atoms with van der Waals surface area (Å²) in [7, 11) is 0. The van der Waals surface area contributed by atoms with Crippen molar-refractivity contribution in [3.8, 4) is 5.75 Å². The summed E-state index contributed by atoms with van der Waals surface area (Å²) in [6.07, 6.45) is 10.5. The van der Waals surface area contributed by atoms with Gasteiger partial charge in [-0.25, -0.2) is 19.2 Å². The number of esters is 4. The number of fused-ring (bicyclic) bond motifs is 1. The Bertz CT molecular complexity index is 1090. The number of unbranched alkanes of at least 4 members (excludes halogenated alkanes) is 7. The lowest BCUT2D eigenvalue weighted by molar-refractivity contribution is 0.0440. The zero-order valence-electron chi connectivity index (χ0n) is 21.0. The molecule has 0 aliphatic carbocycles. The largest absolute Gasteiger partial charge is 0.462 e. The van der Waals surface area contributed by atoms with Crippen LogP contribution in [-0.4, -0.2) is 30.5 Å². The van der Waals surface area contributed by atoms with E-state index in [0.717, 1.165) is 25.2 Å². The van der Waals surface area contributed by atoms with Gasteiger partial charge < -0.3 is 14.2 Å². The second-order valence-electron chi connectivity index (χ2n) is 9.47. The Morgan fingerprint density at radius 1 is 0.750 bits per heavy atom. The summed E-state index contributed by atoms with van der Waals surface area (Å²) in [6.45, 7) is 4.81. The second kappa shape index (κ2) is 13.6. The molecular formula is C29H34O7. The number of hydrogen-bond acceptors (Lipinski definition) is 7. The molecule has 1 aliphatic heterocycles. The molecule has 0 spiro atoms. The van der Waals surface area contributed by atoms with E-state index in [1.165, 1.54) is 68.9 Å². The summed E-state index contributed by atoms with van der Waals surface area (Å²) in [5.41, 5.74) is 0.313. The lowest BCUT2D eigenvalue weighted by Crippen LogP contribution is -2.16.